The van der Waals surface area contributed by atoms with Gasteiger partial charge in [0.25, 0.3) is 11.8 Å². The molecule has 1 atom stereocenters. The summed E-state index contributed by atoms with van der Waals surface area (Å²) in [6.45, 7) is 0.0843. The predicted octanol–water partition coefficient (Wildman–Crippen LogP) is 5.00. The van der Waals surface area contributed by atoms with Crippen molar-refractivity contribution in [2.75, 3.05) is 25.6 Å². The van der Waals surface area contributed by atoms with Crippen LogP contribution in [0.2, 0.25) is 10.0 Å². The SMILES string of the molecule is COc1ccc2c(c1)N(C(=O)c1csc(CN(C)S(=O)(=O)c3ccc(Cl)cc3)c1Cl)CC(C(=O)NCc1cccnc1)O2. The van der Waals surface area contributed by atoms with Crippen LogP contribution >= 0.6 is 34.5 Å². The number of halogens is 2. The van der Waals surface area contributed by atoms with Crippen molar-refractivity contribution in [3.63, 3.8) is 0 Å². The van der Waals surface area contributed by atoms with E-state index in [1.54, 1.807) is 42.0 Å². The number of aromatic nitrogens is 1. The van der Waals surface area contributed by atoms with E-state index in [-0.39, 0.29) is 35.1 Å². The lowest BCUT2D eigenvalue weighted by atomic mass is 10.1. The summed E-state index contributed by atoms with van der Waals surface area (Å²) in [5.74, 6) is -0.0686. The third-order valence-electron chi connectivity index (χ3n) is 6.72. The highest BCUT2D eigenvalue weighted by Crippen LogP contribution is 2.39. The van der Waals surface area contributed by atoms with Crippen molar-refractivity contribution < 1.29 is 27.5 Å². The van der Waals surface area contributed by atoms with Crippen LogP contribution in [0.15, 0.2) is 77.3 Å². The number of carbonyl (C=O) groups excluding carboxylic acids is 2. The molecule has 43 heavy (non-hydrogen) atoms. The summed E-state index contributed by atoms with van der Waals surface area (Å²) in [4.78, 5) is 33.1. The van der Waals surface area contributed by atoms with Crippen molar-refractivity contribution in [2.45, 2.75) is 24.1 Å². The Morgan fingerprint density at radius 2 is 1.95 bits per heavy atom. The van der Waals surface area contributed by atoms with E-state index in [9.17, 15) is 18.0 Å². The smallest absolute Gasteiger partial charge is 0.263 e. The highest BCUT2D eigenvalue weighted by atomic mass is 35.5. The van der Waals surface area contributed by atoms with Gasteiger partial charge in [0.15, 0.2) is 6.10 Å². The summed E-state index contributed by atoms with van der Waals surface area (Å²) in [6, 6.07) is 14.4. The molecule has 0 fully saturated rings. The summed E-state index contributed by atoms with van der Waals surface area (Å²) in [5, 5.41) is 4.95. The number of pyridine rings is 1. The molecule has 3 heterocycles. The first-order valence-electron chi connectivity index (χ1n) is 12.9. The van der Waals surface area contributed by atoms with Crippen molar-refractivity contribution in [1.82, 2.24) is 14.6 Å². The van der Waals surface area contributed by atoms with Crippen molar-refractivity contribution >= 4 is 62.1 Å². The van der Waals surface area contributed by atoms with Crippen molar-refractivity contribution in [3.05, 3.63) is 98.4 Å². The Labute approximate surface area is 262 Å². The number of thiophene rings is 1. The zero-order chi connectivity index (χ0) is 30.7. The summed E-state index contributed by atoms with van der Waals surface area (Å²) in [7, 11) is -0.910. The first-order valence-corrected chi connectivity index (χ1v) is 16.0. The maximum atomic E-state index is 13.9. The zero-order valence-corrected chi connectivity index (χ0v) is 26.1. The molecule has 0 spiro atoms. The van der Waals surface area contributed by atoms with E-state index in [0.717, 1.165) is 21.2 Å². The van der Waals surface area contributed by atoms with Gasteiger partial charge in [-0.05, 0) is 48.0 Å². The van der Waals surface area contributed by atoms with Crippen LogP contribution in [0.5, 0.6) is 11.5 Å². The van der Waals surface area contributed by atoms with E-state index < -0.39 is 27.9 Å². The van der Waals surface area contributed by atoms with Gasteiger partial charge in [-0.2, -0.15) is 4.31 Å². The van der Waals surface area contributed by atoms with Gasteiger partial charge in [-0.25, -0.2) is 8.42 Å². The second-order valence-electron chi connectivity index (χ2n) is 9.54. The second-order valence-corrected chi connectivity index (χ2v) is 13.4. The van der Waals surface area contributed by atoms with Gasteiger partial charge < -0.3 is 19.7 Å². The number of benzene rings is 2. The van der Waals surface area contributed by atoms with Crippen molar-refractivity contribution in [1.29, 1.82) is 0 Å². The molecule has 2 aromatic heterocycles. The van der Waals surface area contributed by atoms with E-state index in [1.165, 1.54) is 43.3 Å². The fourth-order valence-corrected chi connectivity index (χ4v) is 7.08. The van der Waals surface area contributed by atoms with E-state index in [1.807, 2.05) is 6.07 Å². The second kappa shape index (κ2) is 12.9. The number of ether oxygens (including phenoxy) is 2. The first-order chi connectivity index (χ1) is 20.6. The quantitative estimate of drug-likeness (QED) is 0.268. The minimum absolute atomic E-state index is 0.0609. The molecule has 1 unspecified atom stereocenters. The lowest BCUT2D eigenvalue weighted by molar-refractivity contribution is -0.128. The van der Waals surface area contributed by atoms with Crippen molar-refractivity contribution in [3.8, 4) is 11.5 Å². The average Bonchev–Trinajstić information content (AvgIpc) is 3.38. The molecular formula is C29H26Cl2N4O6S2. The molecule has 10 nitrogen and oxygen atoms in total. The third kappa shape index (κ3) is 6.63. The van der Waals surface area contributed by atoms with Gasteiger partial charge in [-0.3, -0.25) is 14.6 Å². The van der Waals surface area contributed by atoms with E-state index in [4.69, 9.17) is 32.7 Å². The number of methoxy groups -OCH3 is 1. The van der Waals surface area contributed by atoms with Crippen LogP contribution in [0.25, 0.3) is 0 Å². The molecule has 2 aromatic carbocycles. The average molecular weight is 662 g/mol. The molecule has 0 saturated heterocycles. The number of rotatable bonds is 9. The van der Waals surface area contributed by atoms with Gasteiger partial charge in [0.2, 0.25) is 10.0 Å². The lowest BCUT2D eigenvalue weighted by Crippen LogP contribution is -2.50. The molecule has 0 saturated carbocycles. The molecule has 224 valence electrons. The number of fused-ring (bicyclic) bond motifs is 1. The van der Waals surface area contributed by atoms with Crippen LogP contribution in [0.1, 0.15) is 20.8 Å². The van der Waals surface area contributed by atoms with Gasteiger partial charge in [0.1, 0.15) is 11.5 Å². The Kier molecular flexibility index (Phi) is 9.23. The fraction of sp³-hybridized carbons (Fsp3) is 0.207. The molecule has 1 aliphatic rings. The van der Waals surface area contributed by atoms with Crippen LogP contribution < -0.4 is 19.7 Å². The number of anilines is 1. The van der Waals surface area contributed by atoms with Crippen LogP contribution in [-0.2, 0) is 27.9 Å². The van der Waals surface area contributed by atoms with Gasteiger partial charge in [0.05, 0.1) is 34.8 Å². The van der Waals surface area contributed by atoms with Crippen LogP contribution in [0, 0.1) is 0 Å². The van der Waals surface area contributed by atoms with E-state index >= 15 is 0 Å². The van der Waals surface area contributed by atoms with E-state index in [2.05, 4.69) is 10.3 Å². The molecule has 14 heteroatoms. The van der Waals surface area contributed by atoms with Gasteiger partial charge in [-0.15, -0.1) is 11.3 Å². The van der Waals surface area contributed by atoms with Gasteiger partial charge in [0, 0.05) is 53.9 Å². The van der Waals surface area contributed by atoms with Crippen LogP contribution in [0.4, 0.5) is 5.69 Å². The first kappa shape index (κ1) is 30.8. The Balaban J connectivity index is 1.38. The fourth-order valence-electron chi connectivity index (χ4n) is 4.38. The lowest BCUT2D eigenvalue weighted by Gasteiger charge is -2.34. The van der Waals surface area contributed by atoms with E-state index in [0.29, 0.717) is 27.1 Å². The number of hydrogen-bond acceptors (Lipinski definition) is 8. The zero-order valence-electron chi connectivity index (χ0n) is 23.0. The highest BCUT2D eigenvalue weighted by molar-refractivity contribution is 7.89. The molecular weight excluding hydrogens is 635 g/mol. The number of sulfonamides is 1. The van der Waals surface area contributed by atoms with Crippen LogP contribution in [0.3, 0.4) is 0 Å². The van der Waals surface area contributed by atoms with Crippen molar-refractivity contribution in [2.24, 2.45) is 0 Å². The summed E-state index contributed by atoms with van der Waals surface area (Å²) >= 11 is 13.8. The standard InChI is InChI=1S/C29H26Cl2N4O6S2/c1-34(43(38,39)21-8-5-19(30)6-9-21)16-26-27(31)22(17-42-26)29(37)35-15-25(28(36)33-14-18-4-3-11-32-13-18)41-24-10-7-20(40-2)12-23(24)35/h3-13,17,25H,14-16H2,1-2H3,(H,33,36). The maximum Gasteiger partial charge on any atom is 0.263 e. The number of nitrogens with one attached hydrogen (secondary N) is 1. The Morgan fingerprint density at radius 3 is 2.65 bits per heavy atom. The molecule has 2 amide bonds. The molecule has 0 bridgehead atoms. The Hall–Kier alpha value is -3.68. The Morgan fingerprint density at radius 1 is 1.19 bits per heavy atom. The molecule has 4 aromatic rings. The number of hydrogen-bond donors (Lipinski definition) is 1. The predicted molar refractivity (Wildman–Crippen MR) is 165 cm³/mol. The molecule has 0 radical (unpaired) electrons. The largest absolute Gasteiger partial charge is 0.497 e. The maximum absolute atomic E-state index is 13.9. The monoisotopic (exact) mass is 660 g/mol. The normalized spacial score (nSPS) is 14.6. The molecule has 1 aliphatic heterocycles. The molecule has 5 rings (SSSR count). The minimum Gasteiger partial charge on any atom is -0.497 e. The van der Waals surface area contributed by atoms with Gasteiger partial charge in [-0.1, -0.05) is 29.3 Å². The summed E-state index contributed by atoms with van der Waals surface area (Å²) in [6.07, 6.45) is 2.28. The topological polar surface area (TPSA) is 118 Å². The van der Waals surface area contributed by atoms with Gasteiger partial charge >= 0.3 is 0 Å². The molecule has 1 N–H and O–H groups in total. The third-order valence-corrected chi connectivity index (χ3v) is 10.3. The van der Waals surface area contributed by atoms with Crippen LogP contribution in [-0.4, -0.2) is 56.3 Å². The number of carbonyl (C=O) groups is 2. The minimum atomic E-state index is -3.84. The number of amides is 2. The highest BCUT2D eigenvalue weighted by Gasteiger charge is 2.36. The summed E-state index contributed by atoms with van der Waals surface area (Å²) in [5.41, 5.74) is 1.39. The summed E-state index contributed by atoms with van der Waals surface area (Å²) < 4.78 is 38.7. The Bertz CT molecular complexity index is 1750. The molecule has 0 aliphatic carbocycles. The number of nitrogens with zero attached hydrogens (tertiary/aromatic N) is 3.